The summed E-state index contributed by atoms with van der Waals surface area (Å²) in [5, 5.41) is 0. The lowest BCUT2D eigenvalue weighted by atomic mass is 10.2. The van der Waals surface area contributed by atoms with Gasteiger partial charge in [-0.25, -0.2) is 9.79 Å². The normalized spacial score (nSPS) is 16.0. The molecule has 0 N–H and O–H groups in total. The van der Waals surface area contributed by atoms with Crippen molar-refractivity contribution in [3.8, 4) is 5.75 Å². The molecule has 0 radical (unpaired) electrons. The average Bonchev–Trinajstić information content (AvgIpc) is 3.06. The van der Waals surface area contributed by atoms with Gasteiger partial charge in [-0.15, -0.1) is 11.3 Å². The van der Waals surface area contributed by atoms with E-state index in [1.165, 1.54) is 4.88 Å². The van der Waals surface area contributed by atoms with Gasteiger partial charge in [0, 0.05) is 15.3 Å². The highest BCUT2D eigenvalue weighted by Gasteiger charge is 2.24. The predicted octanol–water partition coefficient (Wildman–Crippen LogP) is 3.41. The fourth-order valence-electron chi connectivity index (χ4n) is 1.93. The van der Waals surface area contributed by atoms with Gasteiger partial charge in [0.15, 0.2) is 5.70 Å². The molecule has 2 heterocycles. The number of hydrogen-bond acceptors (Lipinski definition) is 5. The van der Waals surface area contributed by atoms with Gasteiger partial charge >= 0.3 is 5.97 Å². The molecule has 4 nitrogen and oxygen atoms in total. The Morgan fingerprint density at radius 1 is 1.19 bits per heavy atom. The van der Waals surface area contributed by atoms with Crippen molar-refractivity contribution in [1.82, 2.24) is 0 Å². The Morgan fingerprint density at radius 2 is 1.95 bits per heavy atom. The van der Waals surface area contributed by atoms with Crippen molar-refractivity contribution in [3.63, 3.8) is 0 Å². The Labute approximate surface area is 126 Å². The van der Waals surface area contributed by atoms with Crippen LogP contribution in [-0.4, -0.2) is 19.0 Å². The molecule has 3 rings (SSSR count). The maximum atomic E-state index is 11.9. The summed E-state index contributed by atoms with van der Waals surface area (Å²) in [6.45, 7) is 2.02. The molecule has 0 aliphatic carbocycles. The minimum Gasteiger partial charge on any atom is -0.497 e. The molecule has 1 aromatic heterocycles. The molecular formula is C16H13NO3S. The van der Waals surface area contributed by atoms with Crippen LogP contribution in [0.25, 0.3) is 6.08 Å². The molecule has 1 aromatic carbocycles. The van der Waals surface area contributed by atoms with Crippen LogP contribution in [0.5, 0.6) is 5.75 Å². The van der Waals surface area contributed by atoms with E-state index >= 15 is 0 Å². The molecule has 0 saturated heterocycles. The Hall–Kier alpha value is -2.40. The van der Waals surface area contributed by atoms with Crippen LogP contribution in [0.3, 0.4) is 0 Å². The van der Waals surface area contributed by atoms with Gasteiger partial charge in [0.1, 0.15) is 5.75 Å². The SMILES string of the molecule is COc1ccc(C2=N/C(=C\c3ccc(C)s3)C(=O)O2)cc1. The lowest BCUT2D eigenvalue weighted by Crippen LogP contribution is -2.05. The molecular weight excluding hydrogens is 286 g/mol. The monoisotopic (exact) mass is 299 g/mol. The number of thiophene rings is 1. The summed E-state index contributed by atoms with van der Waals surface area (Å²) in [7, 11) is 1.60. The number of methoxy groups -OCH3 is 1. The zero-order valence-electron chi connectivity index (χ0n) is 11.6. The molecule has 0 atom stereocenters. The molecule has 0 amide bonds. The van der Waals surface area contributed by atoms with Crippen LogP contribution in [0.4, 0.5) is 0 Å². The zero-order valence-corrected chi connectivity index (χ0v) is 12.4. The highest BCUT2D eigenvalue weighted by molar-refractivity contribution is 7.12. The summed E-state index contributed by atoms with van der Waals surface area (Å²) in [5.41, 5.74) is 1.07. The molecule has 1 aliphatic rings. The molecule has 106 valence electrons. The second-order valence-corrected chi connectivity index (χ2v) is 5.83. The lowest BCUT2D eigenvalue weighted by molar-refractivity contribution is -0.129. The number of cyclic esters (lactones) is 1. The van der Waals surface area contributed by atoms with Crippen LogP contribution < -0.4 is 4.74 Å². The van der Waals surface area contributed by atoms with E-state index in [2.05, 4.69) is 4.99 Å². The van der Waals surface area contributed by atoms with Gasteiger partial charge in [-0.1, -0.05) is 0 Å². The average molecular weight is 299 g/mol. The number of esters is 1. The van der Waals surface area contributed by atoms with Gasteiger partial charge in [-0.05, 0) is 49.4 Å². The van der Waals surface area contributed by atoms with Gasteiger partial charge in [-0.3, -0.25) is 0 Å². The van der Waals surface area contributed by atoms with Crippen molar-refractivity contribution in [3.05, 3.63) is 57.4 Å². The fourth-order valence-corrected chi connectivity index (χ4v) is 2.75. The Kier molecular flexibility index (Phi) is 3.58. The summed E-state index contributed by atoms with van der Waals surface area (Å²) < 4.78 is 10.3. The standard InChI is InChI=1S/C16H13NO3S/c1-10-3-8-13(21-10)9-14-16(18)20-15(17-14)11-4-6-12(19-2)7-5-11/h3-9H,1-2H3/b14-9-. The molecule has 0 spiro atoms. The first-order valence-electron chi connectivity index (χ1n) is 6.39. The summed E-state index contributed by atoms with van der Waals surface area (Å²) in [5.74, 6) is 0.641. The van der Waals surface area contributed by atoms with Gasteiger partial charge in [0.05, 0.1) is 7.11 Å². The van der Waals surface area contributed by atoms with Crippen LogP contribution in [0.1, 0.15) is 15.3 Å². The highest BCUT2D eigenvalue weighted by atomic mass is 32.1. The summed E-state index contributed by atoms with van der Waals surface area (Å²) in [6.07, 6.45) is 1.75. The minimum absolute atomic E-state index is 0.321. The third-order valence-electron chi connectivity index (χ3n) is 3.00. The number of benzene rings is 1. The molecule has 0 fully saturated rings. The van der Waals surface area contributed by atoms with Crippen molar-refractivity contribution < 1.29 is 14.3 Å². The van der Waals surface area contributed by atoms with E-state index in [9.17, 15) is 4.79 Å². The lowest BCUT2D eigenvalue weighted by Gasteiger charge is -2.01. The second-order valence-electron chi connectivity index (χ2n) is 4.51. The number of nitrogens with zero attached hydrogens (tertiary/aromatic N) is 1. The number of carbonyl (C=O) groups excluding carboxylic acids is 1. The van der Waals surface area contributed by atoms with Crippen molar-refractivity contribution in [2.75, 3.05) is 7.11 Å². The maximum Gasteiger partial charge on any atom is 0.363 e. The summed E-state index contributed by atoms with van der Waals surface area (Å²) >= 11 is 1.61. The second kappa shape index (κ2) is 5.54. The van der Waals surface area contributed by atoms with E-state index in [1.54, 1.807) is 36.7 Å². The number of aryl methyl sites for hydroxylation is 1. The van der Waals surface area contributed by atoms with Gasteiger partial charge in [-0.2, -0.15) is 0 Å². The van der Waals surface area contributed by atoms with Crippen LogP contribution in [-0.2, 0) is 9.53 Å². The van der Waals surface area contributed by atoms with Crippen molar-refractivity contribution in [2.45, 2.75) is 6.92 Å². The van der Waals surface area contributed by atoms with E-state index < -0.39 is 5.97 Å². The fraction of sp³-hybridized carbons (Fsp3) is 0.125. The first kappa shape index (κ1) is 13.6. The van der Waals surface area contributed by atoms with Gasteiger partial charge < -0.3 is 9.47 Å². The van der Waals surface area contributed by atoms with Crippen molar-refractivity contribution in [1.29, 1.82) is 0 Å². The van der Waals surface area contributed by atoms with E-state index in [-0.39, 0.29) is 0 Å². The number of hydrogen-bond donors (Lipinski definition) is 0. The quantitative estimate of drug-likeness (QED) is 0.644. The van der Waals surface area contributed by atoms with E-state index in [0.717, 1.165) is 16.2 Å². The van der Waals surface area contributed by atoms with Crippen LogP contribution in [0.2, 0.25) is 0 Å². The zero-order chi connectivity index (χ0) is 14.8. The third-order valence-corrected chi connectivity index (χ3v) is 3.95. The Balaban J connectivity index is 1.89. The smallest absolute Gasteiger partial charge is 0.363 e. The minimum atomic E-state index is -0.424. The molecule has 0 bridgehead atoms. The van der Waals surface area contributed by atoms with Crippen molar-refractivity contribution in [2.24, 2.45) is 4.99 Å². The van der Waals surface area contributed by atoms with Gasteiger partial charge in [0.25, 0.3) is 0 Å². The molecule has 1 aliphatic heterocycles. The largest absolute Gasteiger partial charge is 0.497 e. The molecule has 5 heteroatoms. The number of rotatable bonds is 3. The van der Waals surface area contributed by atoms with E-state index in [0.29, 0.717) is 11.6 Å². The first-order chi connectivity index (χ1) is 10.2. The van der Waals surface area contributed by atoms with Crippen LogP contribution >= 0.6 is 11.3 Å². The number of carbonyl (C=O) groups is 1. The topological polar surface area (TPSA) is 47.9 Å². The number of aliphatic imine (C=N–C) groups is 1. The molecule has 0 saturated carbocycles. The van der Waals surface area contributed by atoms with E-state index in [4.69, 9.17) is 9.47 Å². The third kappa shape index (κ3) is 2.87. The predicted molar refractivity (Wildman–Crippen MR) is 82.7 cm³/mol. The molecule has 0 unspecified atom stereocenters. The Morgan fingerprint density at radius 3 is 2.57 bits per heavy atom. The van der Waals surface area contributed by atoms with E-state index in [1.807, 2.05) is 31.2 Å². The summed E-state index contributed by atoms with van der Waals surface area (Å²) in [6, 6.07) is 11.2. The van der Waals surface area contributed by atoms with Gasteiger partial charge in [0.2, 0.25) is 5.90 Å². The van der Waals surface area contributed by atoms with Crippen LogP contribution in [0, 0.1) is 6.92 Å². The van der Waals surface area contributed by atoms with Crippen molar-refractivity contribution >= 4 is 29.3 Å². The molecule has 21 heavy (non-hydrogen) atoms. The summed E-state index contributed by atoms with van der Waals surface area (Å²) in [4.78, 5) is 18.3. The maximum absolute atomic E-state index is 11.9. The highest BCUT2D eigenvalue weighted by Crippen LogP contribution is 2.23. The Bertz CT molecular complexity index is 741. The molecule has 2 aromatic rings. The number of ether oxygens (including phenoxy) is 2. The van der Waals surface area contributed by atoms with Crippen LogP contribution in [0.15, 0.2) is 47.1 Å². The first-order valence-corrected chi connectivity index (χ1v) is 7.21.